The van der Waals surface area contributed by atoms with E-state index in [1.54, 1.807) is 43.5 Å². The molecule has 0 aromatic heterocycles. The van der Waals surface area contributed by atoms with E-state index in [2.05, 4.69) is 19.2 Å². The molecule has 3 aromatic carbocycles. The van der Waals surface area contributed by atoms with Gasteiger partial charge < -0.3 is 19.5 Å². The van der Waals surface area contributed by atoms with Crippen LogP contribution in [0.3, 0.4) is 0 Å². The molecular formula is C28H34N2O6S. The molecule has 0 fully saturated rings. The van der Waals surface area contributed by atoms with Crippen LogP contribution in [0.5, 0.6) is 17.2 Å². The van der Waals surface area contributed by atoms with E-state index in [-0.39, 0.29) is 22.5 Å². The first kappa shape index (κ1) is 27.9. The molecule has 0 aliphatic rings. The monoisotopic (exact) mass is 526 g/mol. The van der Waals surface area contributed by atoms with Crippen LogP contribution in [0.1, 0.15) is 31.9 Å². The van der Waals surface area contributed by atoms with Crippen molar-refractivity contribution in [3.63, 3.8) is 0 Å². The largest absolute Gasteiger partial charge is 0.497 e. The number of nitrogens with one attached hydrogen (secondary N) is 1. The number of hydrogen-bond acceptors (Lipinski definition) is 6. The molecule has 1 unspecified atom stereocenters. The van der Waals surface area contributed by atoms with Gasteiger partial charge in [0.15, 0.2) is 0 Å². The van der Waals surface area contributed by atoms with Crippen molar-refractivity contribution in [3.8, 4) is 17.2 Å². The van der Waals surface area contributed by atoms with E-state index in [9.17, 15) is 13.2 Å². The molecule has 198 valence electrons. The van der Waals surface area contributed by atoms with E-state index in [0.29, 0.717) is 23.7 Å². The number of hydrogen-bond donors (Lipinski definition) is 1. The van der Waals surface area contributed by atoms with Crippen molar-refractivity contribution in [2.24, 2.45) is 5.92 Å². The highest BCUT2D eigenvalue weighted by molar-refractivity contribution is 7.92. The number of benzene rings is 3. The minimum atomic E-state index is -4.12. The van der Waals surface area contributed by atoms with Gasteiger partial charge in [-0.05, 0) is 54.3 Å². The Hall–Kier alpha value is -3.72. The average molecular weight is 527 g/mol. The lowest BCUT2D eigenvalue weighted by Gasteiger charge is -2.28. The molecule has 0 aliphatic heterocycles. The zero-order valence-corrected chi connectivity index (χ0v) is 22.6. The van der Waals surface area contributed by atoms with Gasteiger partial charge in [-0.3, -0.25) is 9.10 Å². The average Bonchev–Trinajstić information content (AvgIpc) is 2.91. The first-order chi connectivity index (χ1) is 17.7. The number of anilines is 1. The van der Waals surface area contributed by atoms with Crippen molar-refractivity contribution < 1.29 is 27.4 Å². The van der Waals surface area contributed by atoms with Gasteiger partial charge in [0.25, 0.3) is 10.0 Å². The lowest BCUT2D eigenvalue weighted by atomic mass is 9.97. The van der Waals surface area contributed by atoms with Crippen LogP contribution in [0, 0.1) is 5.92 Å². The van der Waals surface area contributed by atoms with Crippen LogP contribution < -0.4 is 23.8 Å². The summed E-state index contributed by atoms with van der Waals surface area (Å²) in [5, 5.41) is 3.03. The summed E-state index contributed by atoms with van der Waals surface area (Å²) in [4.78, 5) is 13.5. The molecule has 37 heavy (non-hydrogen) atoms. The Labute approximate surface area is 219 Å². The number of carbonyl (C=O) groups excluding carboxylic acids is 1. The molecule has 0 saturated carbocycles. The molecule has 0 bridgehead atoms. The zero-order valence-electron chi connectivity index (χ0n) is 21.8. The molecule has 0 aliphatic carbocycles. The standard InChI is InChI=1S/C28H34N2O6S/c1-20(2)17-25(21-11-13-22(34-3)14-12-21)29-28(31)19-30(37(32,33)24-9-7-6-8-10-24)26-18-23(35-4)15-16-27(26)36-5/h6-16,18,20,25H,17,19H2,1-5H3,(H,29,31). The maximum Gasteiger partial charge on any atom is 0.264 e. The van der Waals surface area contributed by atoms with Crippen molar-refractivity contribution in [2.45, 2.75) is 31.2 Å². The summed E-state index contributed by atoms with van der Waals surface area (Å²) in [6.07, 6.45) is 0.673. The van der Waals surface area contributed by atoms with Crippen LogP contribution in [0.2, 0.25) is 0 Å². The predicted molar refractivity (Wildman–Crippen MR) is 144 cm³/mol. The van der Waals surface area contributed by atoms with Crippen LogP contribution in [0.25, 0.3) is 0 Å². The molecule has 9 heteroatoms. The topological polar surface area (TPSA) is 94.2 Å². The van der Waals surface area contributed by atoms with Crippen molar-refractivity contribution >= 4 is 21.6 Å². The second kappa shape index (κ2) is 12.5. The fraction of sp³-hybridized carbons (Fsp3) is 0.321. The van der Waals surface area contributed by atoms with Gasteiger partial charge in [0, 0.05) is 6.07 Å². The summed E-state index contributed by atoms with van der Waals surface area (Å²) in [7, 11) is 0.407. The zero-order chi connectivity index (χ0) is 27.0. The van der Waals surface area contributed by atoms with Crippen LogP contribution in [0.15, 0.2) is 77.7 Å². The van der Waals surface area contributed by atoms with Gasteiger partial charge >= 0.3 is 0 Å². The number of rotatable bonds is 12. The molecule has 8 nitrogen and oxygen atoms in total. The Morgan fingerprint density at radius 2 is 1.49 bits per heavy atom. The summed E-state index contributed by atoms with van der Waals surface area (Å²) in [6, 6.07) is 20.0. The van der Waals surface area contributed by atoms with Crippen molar-refractivity contribution in [1.29, 1.82) is 0 Å². The van der Waals surface area contributed by atoms with Crippen molar-refractivity contribution in [3.05, 3.63) is 78.4 Å². The van der Waals surface area contributed by atoms with Crippen LogP contribution >= 0.6 is 0 Å². The molecule has 3 aromatic rings. The van der Waals surface area contributed by atoms with E-state index in [4.69, 9.17) is 14.2 Å². The Kier molecular flexibility index (Phi) is 9.41. The second-order valence-electron chi connectivity index (χ2n) is 8.89. The number of carbonyl (C=O) groups is 1. The number of ether oxygens (including phenoxy) is 3. The number of nitrogens with zero attached hydrogens (tertiary/aromatic N) is 1. The summed E-state index contributed by atoms with van der Waals surface area (Å²) in [5.74, 6) is 1.27. The maximum absolute atomic E-state index is 13.8. The maximum atomic E-state index is 13.8. The van der Waals surface area contributed by atoms with E-state index in [1.807, 2.05) is 24.3 Å². The van der Waals surface area contributed by atoms with Gasteiger partial charge in [-0.1, -0.05) is 44.2 Å². The molecule has 0 heterocycles. The Morgan fingerprint density at radius 3 is 2.05 bits per heavy atom. The van der Waals surface area contributed by atoms with Gasteiger partial charge in [-0.25, -0.2) is 8.42 Å². The highest BCUT2D eigenvalue weighted by Gasteiger charge is 2.30. The van der Waals surface area contributed by atoms with Crippen LogP contribution in [-0.2, 0) is 14.8 Å². The number of methoxy groups -OCH3 is 3. The molecular weight excluding hydrogens is 492 g/mol. The number of sulfonamides is 1. The Balaban J connectivity index is 2.00. The summed E-state index contributed by atoms with van der Waals surface area (Å²) < 4.78 is 44.6. The van der Waals surface area contributed by atoms with Crippen molar-refractivity contribution in [2.75, 3.05) is 32.2 Å². The van der Waals surface area contributed by atoms with Crippen LogP contribution in [-0.4, -0.2) is 42.2 Å². The normalized spacial score (nSPS) is 12.1. The first-order valence-electron chi connectivity index (χ1n) is 11.9. The third-order valence-electron chi connectivity index (χ3n) is 5.83. The SMILES string of the molecule is COc1ccc(C(CC(C)C)NC(=O)CN(c2cc(OC)ccc2OC)S(=O)(=O)c2ccccc2)cc1. The summed E-state index contributed by atoms with van der Waals surface area (Å²) in [6.45, 7) is 3.68. The molecule has 0 spiro atoms. The minimum Gasteiger partial charge on any atom is -0.497 e. The molecule has 0 saturated heterocycles. The number of amides is 1. The Bertz CT molecular complexity index is 1280. The van der Waals surface area contributed by atoms with E-state index >= 15 is 0 Å². The van der Waals surface area contributed by atoms with Gasteiger partial charge in [0.05, 0.1) is 38.0 Å². The molecule has 1 N–H and O–H groups in total. The quantitative estimate of drug-likeness (QED) is 0.364. The van der Waals surface area contributed by atoms with E-state index in [0.717, 1.165) is 9.87 Å². The first-order valence-corrected chi connectivity index (χ1v) is 13.4. The predicted octanol–water partition coefficient (Wildman–Crippen LogP) is 4.81. The van der Waals surface area contributed by atoms with Gasteiger partial charge in [-0.2, -0.15) is 0 Å². The molecule has 0 radical (unpaired) electrons. The molecule has 3 rings (SSSR count). The third-order valence-corrected chi connectivity index (χ3v) is 7.61. The van der Waals surface area contributed by atoms with Gasteiger partial charge in [0.1, 0.15) is 23.8 Å². The fourth-order valence-electron chi connectivity index (χ4n) is 3.97. The Morgan fingerprint density at radius 1 is 0.865 bits per heavy atom. The van der Waals surface area contributed by atoms with Crippen LogP contribution in [0.4, 0.5) is 5.69 Å². The summed E-state index contributed by atoms with van der Waals surface area (Å²) >= 11 is 0. The van der Waals surface area contributed by atoms with E-state index in [1.165, 1.54) is 26.4 Å². The molecule has 1 atom stereocenters. The van der Waals surface area contributed by atoms with Gasteiger partial charge in [0.2, 0.25) is 5.91 Å². The van der Waals surface area contributed by atoms with Crippen molar-refractivity contribution in [1.82, 2.24) is 5.32 Å². The molecule has 1 amide bonds. The lowest BCUT2D eigenvalue weighted by molar-refractivity contribution is -0.120. The fourth-order valence-corrected chi connectivity index (χ4v) is 5.41. The highest BCUT2D eigenvalue weighted by atomic mass is 32.2. The summed E-state index contributed by atoms with van der Waals surface area (Å²) in [5.41, 5.74) is 1.10. The third kappa shape index (κ3) is 6.95. The second-order valence-corrected chi connectivity index (χ2v) is 10.7. The van der Waals surface area contributed by atoms with Gasteiger partial charge in [-0.15, -0.1) is 0 Å². The van der Waals surface area contributed by atoms with E-state index < -0.39 is 22.5 Å². The smallest absolute Gasteiger partial charge is 0.264 e. The minimum absolute atomic E-state index is 0.0570. The lowest BCUT2D eigenvalue weighted by Crippen LogP contribution is -2.42. The highest BCUT2D eigenvalue weighted by Crippen LogP contribution is 2.35.